The van der Waals surface area contributed by atoms with Crippen LogP contribution in [0.25, 0.3) is 10.1 Å². The highest BCUT2D eigenvalue weighted by molar-refractivity contribution is 7.21. The fourth-order valence-electron chi connectivity index (χ4n) is 2.50. The fraction of sp³-hybridized carbons (Fsp3) is 0.308. The van der Waals surface area contributed by atoms with E-state index in [4.69, 9.17) is 23.2 Å². The zero-order valence-electron chi connectivity index (χ0n) is 10.1. The molecule has 0 bridgehead atoms. The van der Waals surface area contributed by atoms with Crippen LogP contribution in [0.4, 0.5) is 0 Å². The summed E-state index contributed by atoms with van der Waals surface area (Å²) in [6.45, 7) is 0.496. The highest BCUT2D eigenvalue weighted by Gasteiger charge is 2.32. The topological polar surface area (TPSA) is 40.5 Å². The molecule has 2 unspecified atom stereocenters. The first kappa shape index (κ1) is 13.2. The fourth-order valence-corrected chi connectivity index (χ4v) is 4.17. The molecule has 2 aromatic rings. The molecule has 0 saturated carbocycles. The second kappa shape index (κ2) is 4.63. The number of rotatable bonds is 1. The van der Waals surface area contributed by atoms with E-state index in [2.05, 4.69) is 0 Å². The van der Waals surface area contributed by atoms with Crippen LogP contribution in [0.15, 0.2) is 18.2 Å². The van der Waals surface area contributed by atoms with Gasteiger partial charge < -0.3 is 5.11 Å². The van der Waals surface area contributed by atoms with Crippen LogP contribution in [0.3, 0.4) is 0 Å². The SMILES string of the molecule is CN1Cc2c(C(=O)O)sc3cccc(c23)C(Cl)C1Cl. The molecule has 1 aromatic carbocycles. The number of carboxylic acids is 1. The van der Waals surface area contributed by atoms with Crippen molar-refractivity contribution < 1.29 is 9.90 Å². The molecule has 2 heterocycles. The third-order valence-electron chi connectivity index (χ3n) is 3.41. The van der Waals surface area contributed by atoms with Gasteiger partial charge in [-0.2, -0.15) is 0 Å². The summed E-state index contributed by atoms with van der Waals surface area (Å²) in [6, 6.07) is 5.75. The molecule has 100 valence electrons. The van der Waals surface area contributed by atoms with Gasteiger partial charge in [0.05, 0.1) is 5.38 Å². The van der Waals surface area contributed by atoms with E-state index in [1.807, 2.05) is 30.1 Å². The highest BCUT2D eigenvalue weighted by atomic mass is 35.5. The third kappa shape index (κ3) is 1.94. The Morgan fingerprint density at radius 2 is 2.21 bits per heavy atom. The average molecular weight is 316 g/mol. The summed E-state index contributed by atoms with van der Waals surface area (Å²) in [5.74, 6) is -0.894. The van der Waals surface area contributed by atoms with Crippen LogP contribution in [0, 0.1) is 0 Å². The second-order valence-electron chi connectivity index (χ2n) is 4.62. The first-order chi connectivity index (χ1) is 9.00. The van der Waals surface area contributed by atoms with Crippen LogP contribution >= 0.6 is 34.5 Å². The van der Waals surface area contributed by atoms with Gasteiger partial charge in [0.15, 0.2) is 0 Å². The number of carboxylic acid groups (broad SMARTS) is 1. The van der Waals surface area contributed by atoms with Gasteiger partial charge in [0.2, 0.25) is 0 Å². The Balaban J connectivity index is 2.37. The van der Waals surface area contributed by atoms with Crippen LogP contribution in [-0.2, 0) is 6.54 Å². The molecule has 0 radical (unpaired) electrons. The molecule has 3 nitrogen and oxygen atoms in total. The maximum atomic E-state index is 11.4. The van der Waals surface area contributed by atoms with Crippen molar-refractivity contribution in [3.05, 3.63) is 34.2 Å². The summed E-state index contributed by atoms with van der Waals surface area (Å²) in [4.78, 5) is 13.7. The van der Waals surface area contributed by atoms with Crippen LogP contribution in [0.1, 0.15) is 26.2 Å². The van der Waals surface area contributed by atoms with E-state index in [1.165, 1.54) is 11.3 Å². The van der Waals surface area contributed by atoms with Crippen molar-refractivity contribution in [2.75, 3.05) is 7.05 Å². The van der Waals surface area contributed by atoms with Gasteiger partial charge >= 0.3 is 5.97 Å². The van der Waals surface area contributed by atoms with E-state index >= 15 is 0 Å². The van der Waals surface area contributed by atoms with E-state index < -0.39 is 5.97 Å². The maximum Gasteiger partial charge on any atom is 0.346 e. The van der Waals surface area contributed by atoms with Crippen molar-refractivity contribution in [3.63, 3.8) is 0 Å². The number of aromatic carboxylic acids is 1. The number of likely N-dealkylation sites (N-methyl/N-ethyl adjacent to an activating group) is 1. The summed E-state index contributed by atoms with van der Waals surface area (Å²) in [6.07, 6.45) is 0. The molecule has 19 heavy (non-hydrogen) atoms. The second-order valence-corrected chi connectivity index (χ2v) is 6.59. The maximum absolute atomic E-state index is 11.4. The lowest BCUT2D eigenvalue weighted by Crippen LogP contribution is -2.28. The zero-order chi connectivity index (χ0) is 13.7. The van der Waals surface area contributed by atoms with Crippen LogP contribution in [-0.4, -0.2) is 28.5 Å². The normalized spacial score (nSPS) is 23.5. The molecule has 1 aliphatic rings. The first-order valence-electron chi connectivity index (χ1n) is 5.76. The van der Waals surface area contributed by atoms with E-state index in [0.29, 0.717) is 11.4 Å². The summed E-state index contributed by atoms with van der Waals surface area (Å²) >= 11 is 14.1. The Labute approximate surface area is 124 Å². The van der Waals surface area contributed by atoms with Crippen molar-refractivity contribution in [2.45, 2.75) is 17.4 Å². The third-order valence-corrected chi connectivity index (χ3v) is 5.78. The van der Waals surface area contributed by atoms with Gasteiger partial charge in [0, 0.05) is 16.6 Å². The Kier molecular flexibility index (Phi) is 3.21. The number of hydrogen-bond donors (Lipinski definition) is 1. The largest absolute Gasteiger partial charge is 0.477 e. The number of benzene rings is 1. The molecule has 0 saturated heterocycles. The molecule has 0 aliphatic carbocycles. The zero-order valence-corrected chi connectivity index (χ0v) is 12.4. The highest BCUT2D eigenvalue weighted by Crippen LogP contribution is 2.43. The van der Waals surface area contributed by atoms with Gasteiger partial charge in [-0.05, 0) is 24.2 Å². The van der Waals surface area contributed by atoms with Gasteiger partial charge in [-0.25, -0.2) is 4.79 Å². The summed E-state index contributed by atoms with van der Waals surface area (Å²) in [7, 11) is 1.86. The van der Waals surface area contributed by atoms with E-state index in [1.54, 1.807) is 0 Å². The minimum absolute atomic E-state index is 0.354. The molecular weight excluding hydrogens is 305 g/mol. The Morgan fingerprint density at radius 3 is 2.89 bits per heavy atom. The minimum atomic E-state index is -0.894. The van der Waals surface area contributed by atoms with Crippen LogP contribution < -0.4 is 0 Å². The van der Waals surface area contributed by atoms with Gasteiger partial charge in [-0.15, -0.1) is 34.5 Å². The quantitative estimate of drug-likeness (QED) is 0.641. The van der Waals surface area contributed by atoms with Crippen LogP contribution in [0.5, 0.6) is 0 Å². The molecule has 1 aromatic heterocycles. The van der Waals surface area contributed by atoms with Gasteiger partial charge in [-0.3, -0.25) is 4.90 Å². The van der Waals surface area contributed by atoms with Crippen molar-refractivity contribution >= 4 is 50.6 Å². The molecule has 2 atom stereocenters. The van der Waals surface area contributed by atoms with Gasteiger partial charge in [-0.1, -0.05) is 12.1 Å². The molecular formula is C13H11Cl2NO2S. The number of carbonyl (C=O) groups is 1. The lowest BCUT2D eigenvalue weighted by molar-refractivity contribution is 0.0700. The first-order valence-corrected chi connectivity index (χ1v) is 7.45. The van der Waals surface area contributed by atoms with E-state index in [0.717, 1.165) is 21.2 Å². The lowest BCUT2D eigenvalue weighted by atomic mass is 10.0. The molecule has 1 N–H and O–H groups in total. The van der Waals surface area contributed by atoms with Crippen molar-refractivity contribution in [1.82, 2.24) is 4.90 Å². The number of halogens is 2. The van der Waals surface area contributed by atoms with E-state index in [-0.39, 0.29) is 10.9 Å². The summed E-state index contributed by atoms with van der Waals surface area (Å²) in [5, 5.41) is 9.95. The number of hydrogen-bond acceptors (Lipinski definition) is 3. The van der Waals surface area contributed by atoms with Gasteiger partial charge in [0.25, 0.3) is 0 Å². The monoisotopic (exact) mass is 315 g/mol. The van der Waals surface area contributed by atoms with E-state index in [9.17, 15) is 9.90 Å². The summed E-state index contributed by atoms with van der Waals surface area (Å²) < 4.78 is 0.953. The summed E-state index contributed by atoms with van der Waals surface area (Å²) in [5.41, 5.74) is 1.38. The minimum Gasteiger partial charge on any atom is -0.477 e. The molecule has 3 rings (SSSR count). The molecule has 6 heteroatoms. The van der Waals surface area contributed by atoms with Crippen molar-refractivity contribution in [3.8, 4) is 0 Å². The lowest BCUT2D eigenvalue weighted by Gasteiger charge is -2.23. The molecule has 0 amide bonds. The Morgan fingerprint density at radius 1 is 1.47 bits per heavy atom. The van der Waals surface area contributed by atoms with Crippen LogP contribution in [0.2, 0.25) is 0 Å². The Hall–Kier alpha value is -0.810. The van der Waals surface area contributed by atoms with Crippen molar-refractivity contribution in [2.24, 2.45) is 0 Å². The number of nitrogens with zero attached hydrogens (tertiary/aromatic N) is 1. The smallest absolute Gasteiger partial charge is 0.346 e. The molecule has 1 aliphatic heterocycles. The predicted octanol–water partition coefficient (Wildman–Crippen LogP) is 3.89. The van der Waals surface area contributed by atoms with Gasteiger partial charge in [0.1, 0.15) is 10.4 Å². The molecule has 0 spiro atoms. The molecule has 0 fully saturated rings. The standard InChI is InChI=1S/C13H11Cl2NO2S/c1-16-5-7-9-6(10(14)12(16)15)3-2-4-8(9)19-11(7)13(17)18/h2-4,10,12H,5H2,1H3,(H,17,18). The number of alkyl halides is 2. The predicted molar refractivity (Wildman–Crippen MR) is 78.5 cm³/mol. The Bertz CT molecular complexity index is 670. The average Bonchev–Trinajstić information content (AvgIpc) is 2.71. The number of thiophene rings is 1. The van der Waals surface area contributed by atoms with Crippen molar-refractivity contribution in [1.29, 1.82) is 0 Å².